The Labute approximate surface area is 174 Å². The smallest absolute Gasteiger partial charge is 0.336 e. The molecule has 3 aromatic rings. The highest BCUT2D eigenvalue weighted by molar-refractivity contribution is 7.92. The summed E-state index contributed by atoms with van der Waals surface area (Å²) in [6.07, 6.45) is 0. The van der Waals surface area contributed by atoms with Gasteiger partial charge >= 0.3 is 5.63 Å². The fourth-order valence-corrected chi connectivity index (χ4v) is 4.81. The lowest BCUT2D eigenvalue weighted by atomic mass is 10.2. The van der Waals surface area contributed by atoms with Gasteiger partial charge in [-0.1, -0.05) is 0 Å². The summed E-state index contributed by atoms with van der Waals surface area (Å²) in [7, 11) is -5.17. The topological polar surface area (TPSA) is 123 Å². The van der Waals surface area contributed by atoms with Gasteiger partial charge in [-0.2, -0.15) is 0 Å². The van der Waals surface area contributed by atoms with Crippen molar-refractivity contribution < 1.29 is 26.0 Å². The fraction of sp³-hybridized carbons (Fsp3) is 0.211. The molecule has 0 saturated heterocycles. The zero-order valence-corrected chi connectivity index (χ0v) is 18.1. The molecule has 1 N–H and O–H groups in total. The molecule has 0 atom stereocenters. The Morgan fingerprint density at radius 3 is 2.40 bits per heavy atom. The SMILES string of the molecule is CCOc1ccc(NS(=O)(=O)c2ccc3oc(=O)ccc3c2)cc1S(=O)(=O)N(C)C. The van der Waals surface area contributed by atoms with Gasteiger partial charge in [0.25, 0.3) is 10.0 Å². The van der Waals surface area contributed by atoms with Crippen LogP contribution in [0.2, 0.25) is 0 Å². The van der Waals surface area contributed by atoms with E-state index in [4.69, 9.17) is 9.15 Å². The average molecular weight is 453 g/mol. The summed E-state index contributed by atoms with van der Waals surface area (Å²) in [5.41, 5.74) is -0.235. The Kier molecular flexibility index (Phi) is 5.88. The molecule has 0 unspecified atom stereocenters. The van der Waals surface area contributed by atoms with Crippen molar-refractivity contribution in [2.45, 2.75) is 16.7 Å². The molecule has 0 amide bonds. The van der Waals surface area contributed by atoms with Crippen LogP contribution < -0.4 is 15.1 Å². The molecule has 30 heavy (non-hydrogen) atoms. The second kappa shape index (κ2) is 8.09. The molecule has 0 aliphatic carbocycles. The Bertz CT molecular complexity index is 1360. The van der Waals surface area contributed by atoms with E-state index in [0.717, 1.165) is 4.31 Å². The van der Waals surface area contributed by atoms with E-state index in [9.17, 15) is 21.6 Å². The maximum Gasteiger partial charge on any atom is 0.336 e. The van der Waals surface area contributed by atoms with Crippen LogP contribution in [-0.4, -0.2) is 41.8 Å². The lowest BCUT2D eigenvalue weighted by molar-refractivity contribution is 0.330. The predicted octanol–water partition coefficient (Wildman–Crippen LogP) is 2.24. The van der Waals surface area contributed by atoms with Crippen LogP contribution in [0, 0.1) is 0 Å². The first kappa shape index (κ1) is 21.8. The van der Waals surface area contributed by atoms with Gasteiger partial charge in [-0.05, 0) is 49.4 Å². The Hall–Kier alpha value is -2.89. The van der Waals surface area contributed by atoms with Crippen LogP contribution in [0.15, 0.2) is 67.5 Å². The lowest BCUT2D eigenvalue weighted by Crippen LogP contribution is -2.23. The van der Waals surface area contributed by atoms with Gasteiger partial charge in [0.15, 0.2) is 0 Å². The second-order valence-corrected chi connectivity index (χ2v) is 10.2. The summed E-state index contributed by atoms with van der Waals surface area (Å²) in [6.45, 7) is 1.96. The number of anilines is 1. The molecule has 0 spiro atoms. The molecule has 2 aromatic carbocycles. The van der Waals surface area contributed by atoms with Crippen LogP contribution in [-0.2, 0) is 20.0 Å². The van der Waals surface area contributed by atoms with Gasteiger partial charge in [-0.25, -0.2) is 25.9 Å². The Morgan fingerprint density at radius 2 is 1.73 bits per heavy atom. The number of nitrogens with zero attached hydrogens (tertiary/aromatic N) is 1. The molecule has 0 bridgehead atoms. The number of hydrogen-bond acceptors (Lipinski definition) is 7. The van der Waals surface area contributed by atoms with Gasteiger partial charge in [0.2, 0.25) is 10.0 Å². The van der Waals surface area contributed by atoms with Gasteiger partial charge in [-0.3, -0.25) is 4.72 Å². The van der Waals surface area contributed by atoms with Crippen LogP contribution in [0.1, 0.15) is 6.92 Å². The molecule has 9 nitrogen and oxygen atoms in total. The zero-order chi connectivity index (χ0) is 22.1. The highest BCUT2D eigenvalue weighted by atomic mass is 32.2. The maximum absolute atomic E-state index is 12.8. The molecule has 11 heteroatoms. The summed E-state index contributed by atoms with van der Waals surface area (Å²) < 4.78 is 64.7. The minimum Gasteiger partial charge on any atom is -0.492 e. The number of hydrogen-bond donors (Lipinski definition) is 1. The number of fused-ring (bicyclic) bond motifs is 1. The molecule has 1 aromatic heterocycles. The highest BCUT2D eigenvalue weighted by Gasteiger charge is 2.24. The molecular weight excluding hydrogens is 432 g/mol. The first-order valence-electron chi connectivity index (χ1n) is 8.81. The third kappa shape index (κ3) is 4.32. The van der Waals surface area contributed by atoms with E-state index in [1.54, 1.807) is 6.92 Å². The molecule has 160 valence electrons. The zero-order valence-electron chi connectivity index (χ0n) is 16.4. The third-order valence-corrected chi connectivity index (χ3v) is 7.37. The van der Waals surface area contributed by atoms with E-state index in [-0.39, 0.29) is 33.4 Å². The largest absolute Gasteiger partial charge is 0.492 e. The normalized spacial score (nSPS) is 12.3. The van der Waals surface area contributed by atoms with Gasteiger partial charge in [0.05, 0.1) is 17.2 Å². The van der Waals surface area contributed by atoms with Crippen molar-refractivity contribution in [3.8, 4) is 5.75 Å². The van der Waals surface area contributed by atoms with E-state index in [1.807, 2.05) is 0 Å². The Morgan fingerprint density at radius 1 is 1.00 bits per heavy atom. The standard InChI is InChI=1S/C19H20N2O7S2/c1-4-27-17-8-6-14(12-18(17)30(25,26)21(2)3)20-29(23,24)15-7-9-16-13(11-15)5-10-19(22)28-16/h5-12,20H,4H2,1-3H3. The summed E-state index contributed by atoms with van der Waals surface area (Å²) >= 11 is 0. The van der Waals surface area contributed by atoms with E-state index < -0.39 is 25.7 Å². The van der Waals surface area contributed by atoms with E-state index in [2.05, 4.69) is 4.72 Å². The summed E-state index contributed by atoms with van der Waals surface area (Å²) in [6, 6.07) is 10.7. The summed E-state index contributed by atoms with van der Waals surface area (Å²) in [5, 5.41) is 0.431. The van der Waals surface area contributed by atoms with Gasteiger partial charge in [0.1, 0.15) is 16.2 Å². The maximum atomic E-state index is 12.8. The van der Waals surface area contributed by atoms with Crippen molar-refractivity contribution in [1.29, 1.82) is 0 Å². The van der Waals surface area contributed by atoms with E-state index in [0.29, 0.717) is 5.39 Å². The molecule has 1 heterocycles. The number of rotatable bonds is 7. The van der Waals surface area contributed by atoms with E-state index >= 15 is 0 Å². The van der Waals surface area contributed by atoms with Gasteiger partial charge in [-0.15, -0.1) is 0 Å². The fourth-order valence-electron chi connectivity index (χ4n) is 2.68. The predicted molar refractivity (Wildman–Crippen MR) is 112 cm³/mol. The first-order chi connectivity index (χ1) is 14.0. The van der Waals surface area contributed by atoms with E-state index in [1.165, 1.54) is 62.6 Å². The van der Waals surface area contributed by atoms with Crippen molar-refractivity contribution in [3.05, 3.63) is 59.0 Å². The lowest BCUT2D eigenvalue weighted by Gasteiger charge is -2.17. The average Bonchev–Trinajstić information content (AvgIpc) is 2.68. The number of ether oxygens (including phenoxy) is 1. The number of nitrogens with one attached hydrogen (secondary N) is 1. The molecule has 0 fully saturated rings. The molecule has 3 rings (SSSR count). The van der Waals surface area contributed by atoms with Gasteiger partial charge in [0, 0.05) is 25.5 Å². The van der Waals surface area contributed by atoms with Crippen LogP contribution >= 0.6 is 0 Å². The van der Waals surface area contributed by atoms with Crippen molar-refractivity contribution in [2.24, 2.45) is 0 Å². The number of sulfonamides is 2. The third-order valence-electron chi connectivity index (χ3n) is 4.16. The molecule has 0 aliphatic rings. The minimum atomic E-state index is -4.04. The summed E-state index contributed by atoms with van der Waals surface area (Å²) in [4.78, 5) is 11.0. The quantitative estimate of drug-likeness (QED) is 0.545. The summed E-state index contributed by atoms with van der Waals surface area (Å²) in [5.74, 6) is 0.120. The molecule has 0 radical (unpaired) electrons. The minimum absolute atomic E-state index is 0.0542. The highest BCUT2D eigenvalue weighted by Crippen LogP contribution is 2.30. The molecule has 0 aliphatic heterocycles. The van der Waals surface area contributed by atoms with Gasteiger partial charge < -0.3 is 9.15 Å². The van der Waals surface area contributed by atoms with Crippen molar-refractivity contribution in [3.63, 3.8) is 0 Å². The van der Waals surface area contributed by atoms with Crippen molar-refractivity contribution in [1.82, 2.24) is 4.31 Å². The monoisotopic (exact) mass is 452 g/mol. The Balaban J connectivity index is 2.02. The van der Waals surface area contributed by atoms with Crippen molar-refractivity contribution >= 4 is 36.7 Å². The van der Waals surface area contributed by atoms with Crippen LogP contribution in [0.25, 0.3) is 11.0 Å². The molecular formula is C19H20N2O7S2. The van der Waals surface area contributed by atoms with Crippen LogP contribution in [0.4, 0.5) is 5.69 Å². The first-order valence-corrected chi connectivity index (χ1v) is 11.7. The number of benzene rings is 2. The molecule has 0 saturated carbocycles. The van der Waals surface area contributed by atoms with Crippen LogP contribution in [0.3, 0.4) is 0 Å². The van der Waals surface area contributed by atoms with Crippen molar-refractivity contribution in [2.75, 3.05) is 25.4 Å². The second-order valence-electron chi connectivity index (χ2n) is 6.44. The van der Waals surface area contributed by atoms with Crippen LogP contribution in [0.5, 0.6) is 5.75 Å².